The van der Waals surface area contributed by atoms with E-state index in [0.29, 0.717) is 5.69 Å². The van der Waals surface area contributed by atoms with Crippen LogP contribution in [0, 0.1) is 5.82 Å². The molecule has 0 bridgehead atoms. The van der Waals surface area contributed by atoms with Crippen LogP contribution in [-0.4, -0.2) is 33.9 Å². The number of esters is 1. The predicted octanol–water partition coefficient (Wildman–Crippen LogP) is 1.56. The van der Waals surface area contributed by atoms with Crippen LogP contribution in [0.5, 0.6) is 5.75 Å². The van der Waals surface area contributed by atoms with Crippen LogP contribution in [0.2, 0.25) is 0 Å². The van der Waals surface area contributed by atoms with Crippen LogP contribution >= 0.6 is 0 Å². The van der Waals surface area contributed by atoms with Gasteiger partial charge in [-0.25, -0.2) is 18.9 Å². The van der Waals surface area contributed by atoms with E-state index in [1.54, 1.807) is 13.8 Å². The molecule has 1 aromatic carbocycles. The molecule has 0 amide bonds. The number of carbonyl (C=O) groups excluding carboxylic acids is 1. The minimum absolute atomic E-state index is 0.0457. The number of halogens is 1. The summed E-state index contributed by atoms with van der Waals surface area (Å²) < 4.78 is 24.9. The van der Waals surface area contributed by atoms with Gasteiger partial charge in [0, 0.05) is 12.1 Å². The molecule has 0 aliphatic heterocycles. The van der Waals surface area contributed by atoms with Crippen LogP contribution < -0.4 is 10.5 Å². The quantitative estimate of drug-likeness (QED) is 0.679. The van der Waals surface area contributed by atoms with Crippen molar-refractivity contribution in [2.24, 2.45) is 0 Å². The fourth-order valence-corrected chi connectivity index (χ4v) is 1.66. The van der Waals surface area contributed by atoms with Gasteiger partial charge in [0.15, 0.2) is 11.6 Å². The number of rotatable bonds is 4. The number of hydrogen-bond acceptors (Lipinski definition) is 6. The molecule has 21 heavy (non-hydrogen) atoms. The number of hydrogen-bond donors (Lipinski definition) is 1. The number of benzene rings is 1. The number of aromatic nitrogens is 3. The van der Waals surface area contributed by atoms with E-state index in [4.69, 9.17) is 10.5 Å². The smallest absolute Gasteiger partial charge is 0.377 e. The Labute approximate surface area is 120 Å². The third-order valence-electron chi connectivity index (χ3n) is 2.55. The number of nitrogens with zero attached hydrogens (tertiary/aromatic N) is 3. The Balaban J connectivity index is 2.43. The van der Waals surface area contributed by atoms with Gasteiger partial charge in [0.1, 0.15) is 6.33 Å². The van der Waals surface area contributed by atoms with Crippen LogP contribution in [0.1, 0.15) is 24.5 Å². The van der Waals surface area contributed by atoms with Crippen molar-refractivity contribution >= 4 is 11.7 Å². The van der Waals surface area contributed by atoms with Gasteiger partial charge in [0.05, 0.1) is 24.6 Å². The van der Waals surface area contributed by atoms with Gasteiger partial charge in [0.25, 0.3) is 5.82 Å². The molecule has 0 saturated heterocycles. The van der Waals surface area contributed by atoms with E-state index in [-0.39, 0.29) is 23.4 Å². The number of nitrogen functional groups attached to an aromatic ring is 1. The lowest BCUT2D eigenvalue weighted by Crippen LogP contribution is -2.10. The van der Waals surface area contributed by atoms with E-state index in [9.17, 15) is 9.18 Å². The molecule has 0 radical (unpaired) electrons. The summed E-state index contributed by atoms with van der Waals surface area (Å²) >= 11 is 0. The SMILES string of the molecule is COC(=O)c1ncn(-c2cc(OC(C)C)c(F)cc2N)n1. The Morgan fingerprint density at radius 3 is 2.76 bits per heavy atom. The highest BCUT2D eigenvalue weighted by Crippen LogP contribution is 2.27. The van der Waals surface area contributed by atoms with Gasteiger partial charge in [-0.15, -0.1) is 5.10 Å². The van der Waals surface area contributed by atoms with Crippen LogP contribution in [0.25, 0.3) is 5.69 Å². The number of nitrogens with two attached hydrogens (primary N) is 1. The van der Waals surface area contributed by atoms with Crippen LogP contribution in [0.4, 0.5) is 10.1 Å². The maximum atomic E-state index is 13.8. The van der Waals surface area contributed by atoms with Gasteiger partial charge >= 0.3 is 5.97 Å². The van der Waals surface area contributed by atoms with Gasteiger partial charge in [-0.2, -0.15) is 0 Å². The topological polar surface area (TPSA) is 92.3 Å². The van der Waals surface area contributed by atoms with Crippen molar-refractivity contribution in [3.05, 3.63) is 30.1 Å². The summed E-state index contributed by atoms with van der Waals surface area (Å²) in [6.07, 6.45) is 1.09. The average Bonchev–Trinajstić information content (AvgIpc) is 2.90. The van der Waals surface area contributed by atoms with Crippen molar-refractivity contribution in [1.29, 1.82) is 0 Å². The second-order valence-electron chi connectivity index (χ2n) is 4.51. The standard InChI is InChI=1S/C13H15FN4O3/c1-7(2)21-11-5-10(9(15)4-8(11)14)18-6-16-12(17-18)13(19)20-3/h4-7H,15H2,1-3H3. The molecule has 112 valence electrons. The second kappa shape index (κ2) is 5.78. The van der Waals surface area contributed by atoms with E-state index in [1.807, 2.05) is 0 Å². The summed E-state index contributed by atoms with van der Waals surface area (Å²) in [5.41, 5.74) is 6.27. The maximum absolute atomic E-state index is 13.8. The van der Waals surface area contributed by atoms with Crippen molar-refractivity contribution in [2.45, 2.75) is 20.0 Å². The first-order valence-corrected chi connectivity index (χ1v) is 6.18. The molecular formula is C13H15FN4O3. The molecule has 0 spiro atoms. The highest BCUT2D eigenvalue weighted by molar-refractivity contribution is 5.84. The molecule has 2 aromatic rings. The van der Waals surface area contributed by atoms with Crippen molar-refractivity contribution in [3.63, 3.8) is 0 Å². The number of anilines is 1. The summed E-state index contributed by atoms with van der Waals surface area (Å²) in [6, 6.07) is 2.53. The second-order valence-corrected chi connectivity index (χ2v) is 4.51. The lowest BCUT2D eigenvalue weighted by molar-refractivity contribution is 0.0587. The maximum Gasteiger partial charge on any atom is 0.377 e. The summed E-state index contributed by atoms with van der Waals surface area (Å²) in [5, 5.41) is 3.94. The minimum Gasteiger partial charge on any atom is -0.488 e. The first-order valence-electron chi connectivity index (χ1n) is 6.18. The van der Waals surface area contributed by atoms with E-state index in [2.05, 4.69) is 14.8 Å². The highest BCUT2D eigenvalue weighted by atomic mass is 19.1. The van der Waals surface area contributed by atoms with Gasteiger partial charge in [0.2, 0.25) is 0 Å². The van der Waals surface area contributed by atoms with E-state index in [1.165, 1.54) is 24.2 Å². The van der Waals surface area contributed by atoms with E-state index in [0.717, 1.165) is 6.07 Å². The highest BCUT2D eigenvalue weighted by Gasteiger charge is 2.16. The minimum atomic E-state index is -0.673. The zero-order valence-electron chi connectivity index (χ0n) is 11.8. The van der Waals surface area contributed by atoms with Crippen molar-refractivity contribution < 1.29 is 18.7 Å². The first-order chi connectivity index (χ1) is 9.92. The number of carbonyl (C=O) groups is 1. The van der Waals surface area contributed by atoms with Gasteiger partial charge in [-0.05, 0) is 13.8 Å². The van der Waals surface area contributed by atoms with E-state index >= 15 is 0 Å². The molecule has 1 heterocycles. The zero-order chi connectivity index (χ0) is 15.6. The molecule has 0 unspecified atom stereocenters. The molecular weight excluding hydrogens is 279 g/mol. The summed E-state index contributed by atoms with van der Waals surface area (Å²) in [4.78, 5) is 15.1. The third-order valence-corrected chi connectivity index (χ3v) is 2.55. The lowest BCUT2D eigenvalue weighted by Gasteiger charge is -2.13. The Bertz CT molecular complexity index is 669. The third kappa shape index (κ3) is 3.10. The van der Waals surface area contributed by atoms with Crippen molar-refractivity contribution in [1.82, 2.24) is 14.8 Å². The fourth-order valence-electron chi connectivity index (χ4n) is 1.66. The molecule has 8 heteroatoms. The Hall–Kier alpha value is -2.64. The molecule has 0 atom stereocenters. The Morgan fingerprint density at radius 1 is 1.43 bits per heavy atom. The van der Waals surface area contributed by atoms with Gasteiger partial charge in [-0.3, -0.25) is 0 Å². The number of methoxy groups -OCH3 is 1. The molecule has 2 N–H and O–H groups in total. The summed E-state index contributed by atoms with van der Waals surface area (Å²) in [6.45, 7) is 3.56. The fraction of sp³-hybridized carbons (Fsp3) is 0.308. The average molecular weight is 294 g/mol. The molecule has 0 saturated carbocycles. The monoisotopic (exact) mass is 294 g/mol. The predicted molar refractivity (Wildman–Crippen MR) is 72.8 cm³/mol. The molecule has 0 fully saturated rings. The van der Waals surface area contributed by atoms with E-state index < -0.39 is 11.8 Å². The molecule has 2 rings (SSSR count). The zero-order valence-corrected chi connectivity index (χ0v) is 11.8. The summed E-state index contributed by atoms with van der Waals surface area (Å²) in [7, 11) is 1.23. The first kappa shape index (κ1) is 14.8. The largest absolute Gasteiger partial charge is 0.488 e. The van der Waals surface area contributed by atoms with Crippen molar-refractivity contribution in [2.75, 3.05) is 12.8 Å². The Morgan fingerprint density at radius 2 is 2.14 bits per heavy atom. The number of ether oxygens (including phenoxy) is 2. The van der Waals surface area contributed by atoms with Crippen LogP contribution in [0.15, 0.2) is 18.5 Å². The Kier molecular flexibility index (Phi) is 4.06. The summed E-state index contributed by atoms with van der Waals surface area (Å²) in [5.74, 6) is -1.32. The molecule has 0 aliphatic rings. The van der Waals surface area contributed by atoms with Crippen LogP contribution in [-0.2, 0) is 4.74 Å². The van der Waals surface area contributed by atoms with Gasteiger partial charge in [-0.1, -0.05) is 0 Å². The molecule has 7 nitrogen and oxygen atoms in total. The molecule has 0 aliphatic carbocycles. The molecule has 1 aromatic heterocycles. The normalized spacial score (nSPS) is 10.7. The van der Waals surface area contributed by atoms with Crippen LogP contribution in [0.3, 0.4) is 0 Å². The van der Waals surface area contributed by atoms with Gasteiger partial charge < -0.3 is 15.2 Å². The lowest BCUT2D eigenvalue weighted by atomic mass is 10.2. The van der Waals surface area contributed by atoms with Crippen molar-refractivity contribution in [3.8, 4) is 11.4 Å².